The van der Waals surface area contributed by atoms with Crippen LogP contribution in [0.2, 0.25) is 0 Å². The van der Waals surface area contributed by atoms with Gasteiger partial charge in [-0.05, 0) is 18.2 Å². The van der Waals surface area contributed by atoms with Crippen molar-refractivity contribution < 1.29 is 14.4 Å². The van der Waals surface area contributed by atoms with E-state index in [1.54, 1.807) is 6.07 Å². The maximum absolute atomic E-state index is 13.0. The van der Waals surface area contributed by atoms with Gasteiger partial charge in [-0.3, -0.25) is 0 Å². The van der Waals surface area contributed by atoms with Gasteiger partial charge in [-0.25, -0.2) is 4.39 Å². The third kappa shape index (κ3) is 1.37. The number of hydrogen-bond acceptors (Lipinski definition) is 4. The Kier molecular flexibility index (Phi) is 2.18. The van der Waals surface area contributed by atoms with Crippen LogP contribution in [0.4, 0.5) is 10.1 Å². The number of fused-ring (bicyclic) bond motifs is 1. The van der Waals surface area contributed by atoms with Crippen LogP contribution in [0.25, 0.3) is 10.1 Å². The molecule has 0 spiro atoms. The third-order valence-electron chi connectivity index (χ3n) is 1.96. The van der Waals surface area contributed by atoms with E-state index in [4.69, 9.17) is 15.8 Å². The molecule has 4 N–H and O–H groups in total. The average Bonchev–Trinajstić information content (AvgIpc) is 2.56. The van der Waals surface area contributed by atoms with Crippen molar-refractivity contribution >= 4 is 39.0 Å². The topological polar surface area (TPSA) is 66.5 Å². The number of benzene rings is 1. The molecule has 1 aromatic carbocycles. The minimum absolute atomic E-state index is 0.0469. The van der Waals surface area contributed by atoms with Gasteiger partial charge in [-0.1, -0.05) is 0 Å². The summed E-state index contributed by atoms with van der Waals surface area (Å²) in [5, 5.41) is 18.4. The predicted molar refractivity (Wildman–Crippen MR) is 56.0 cm³/mol. The molecule has 2 aromatic rings. The first-order valence-corrected chi connectivity index (χ1v) is 4.75. The van der Waals surface area contributed by atoms with E-state index in [1.165, 1.54) is 23.5 Å². The molecule has 6 heteroatoms. The van der Waals surface area contributed by atoms with Crippen LogP contribution in [0.1, 0.15) is 0 Å². The van der Waals surface area contributed by atoms with Gasteiger partial charge < -0.3 is 15.8 Å². The van der Waals surface area contributed by atoms with Gasteiger partial charge in [-0.15, -0.1) is 11.3 Å². The van der Waals surface area contributed by atoms with Crippen molar-refractivity contribution in [2.24, 2.45) is 0 Å². The summed E-state index contributed by atoms with van der Waals surface area (Å²) >= 11 is 1.18. The number of rotatable bonds is 1. The Morgan fingerprint density at radius 2 is 2.07 bits per heavy atom. The average molecular weight is 211 g/mol. The van der Waals surface area contributed by atoms with Gasteiger partial charge in [0.05, 0.1) is 5.69 Å². The molecule has 0 aliphatic rings. The van der Waals surface area contributed by atoms with E-state index < -0.39 is 12.9 Å². The largest absolute Gasteiger partial charge is 0.499 e. The van der Waals surface area contributed by atoms with Gasteiger partial charge in [0.15, 0.2) is 0 Å². The molecule has 0 saturated heterocycles. The fourth-order valence-corrected chi connectivity index (χ4v) is 2.20. The second-order valence-corrected chi connectivity index (χ2v) is 4.01. The lowest BCUT2D eigenvalue weighted by molar-refractivity contribution is 0.427. The summed E-state index contributed by atoms with van der Waals surface area (Å²) in [5.41, 5.74) is 5.55. The Morgan fingerprint density at radius 3 is 2.71 bits per heavy atom. The van der Waals surface area contributed by atoms with Gasteiger partial charge >= 0.3 is 7.12 Å². The monoisotopic (exact) mass is 211 g/mol. The first-order chi connectivity index (χ1) is 6.59. The molecule has 0 atom stereocenters. The lowest BCUT2D eigenvalue weighted by Crippen LogP contribution is -2.26. The molecule has 0 unspecified atom stereocenters. The highest BCUT2D eigenvalue weighted by molar-refractivity contribution is 7.28. The summed E-state index contributed by atoms with van der Waals surface area (Å²) in [7, 11) is -1.53. The highest BCUT2D eigenvalue weighted by Gasteiger charge is 2.16. The molecule has 0 radical (unpaired) electrons. The van der Waals surface area contributed by atoms with Crippen LogP contribution >= 0.6 is 11.3 Å². The summed E-state index contributed by atoms with van der Waals surface area (Å²) < 4.78 is 14.1. The molecular formula is C8H7BFNO2S. The van der Waals surface area contributed by atoms with Crippen molar-refractivity contribution in [3.63, 3.8) is 0 Å². The summed E-state index contributed by atoms with van der Waals surface area (Å²) in [5.74, 6) is -0.491. The van der Waals surface area contributed by atoms with Crippen molar-refractivity contribution in [3.8, 4) is 0 Å². The van der Waals surface area contributed by atoms with Crippen molar-refractivity contribution in [3.05, 3.63) is 24.0 Å². The summed E-state index contributed by atoms with van der Waals surface area (Å²) in [6.45, 7) is 0. The van der Waals surface area contributed by atoms with Crippen LogP contribution in [0.3, 0.4) is 0 Å². The van der Waals surface area contributed by atoms with Crippen LogP contribution in [-0.2, 0) is 0 Å². The van der Waals surface area contributed by atoms with E-state index in [2.05, 4.69) is 0 Å². The molecule has 2 rings (SSSR count). The molecular weight excluding hydrogens is 204 g/mol. The van der Waals surface area contributed by atoms with Crippen molar-refractivity contribution in [2.75, 3.05) is 5.73 Å². The molecule has 1 heterocycles. The minimum Gasteiger partial charge on any atom is -0.423 e. The van der Waals surface area contributed by atoms with Gasteiger partial charge in [-0.2, -0.15) is 0 Å². The second-order valence-electron chi connectivity index (χ2n) is 2.90. The zero-order valence-corrected chi connectivity index (χ0v) is 7.88. The molecule has 0 aliphatic heterocycles. The number of hydrogen-bond donors (Lipinski definition) is 3. The number of nitrogens with two attached hydrogens (primary N) is 1. The van der Waals surface area contributed by atoms with E-state index in [1.807, 2.05) is 0 Å². The summed E-state index contributed by atoms with van der Waals surface area (Å²) in [6, 6.07) is 4.32. The van der Waals surface area contributed by atoms with Crippen molar-refractivity contribution in [2.45, 2.75) is 0 Å². The second kappa shape index (κ2) is 3.23. The van der Waals surface area contributed by atoms with Crippen LogP contribution in [0.15, 0.2) is 18.2 Å². The zero-order chi connectivity index (χ0) is 10.3. The normalized spacial score (nSPS) is 10.8. The highest BCUT2D eigenvalue weighted by Crippen LogP contribution is 2.26. The Labute approximate surface area is 83.7 Å². The number of thiophene rings is 1. The summed E-state index contributed by atoms with van der Waals surface area (Å²) in [4.78, 5) is 0. The van der Waals surface area contributed by atoms with Crippen molar-refractivity contribution in [1.29, 1.82) is 0 Å². The molecule has 14 heavy (non-hydrogen) atoms. The smallest absolute Gasteiger partial charge is 0.423 e. The molecule has 0 bridgehead atoms. The number of halogens is 1. The highest BCUT2D eigenvalue weighted by atomic mass is 32.1. The fraction of sp³-hybridized carbons (Fsp3) is 0. The van der Waals surface area contributed by atoms with Crippen LogP contribution < -0.4 is 10.5 Å². The summed E-state index contributed by atoms with van der Waals surface area (Å²) in [6.07, 6.45) is 0. The Morgan fingerprint density at radius 1 is 1.36 bits per heavy atom. The first-order valence-electron chi connectivity index (χ1n) is 3.93. The lowest BCUT2D eigenvalue weighted by Gasteiger charge is -1.96. The SMILES string of the molecule is Nc1c(F)ccc2sc(B(O)O)cc12. The number of nitrogen functional groups attached to an aromatic ring is 1. The zero-order valence-electron chi connectivity index (χ0n) is 7.07. The van der Waals surface area contributed by atoms with E-state index in [-0.39, 0.29) is 5.69 Å². The lowest BCUT2D eigenvalue weighted by atomic mass is 9.89. The van der Waals surface area contributed by atoms with E-state index in [9.17, 15) is 4.39 Å². The standard InChI is InChI=1S/C8H7BFNO2S/c10-5-1-2-6-4(8(5)11)3-7(14-6)9(12)13/h1-3,12-13H,11H2. The Balaban J connectivity index is 2.71. The maximum Gasteiger partial charge on any atom is 0.499 e. The minimum atomic E-state index is -1.53. The van der Waals surface area contributed by atoms with E-state index in [0.717, 1.165) is 4.70 Å². The Hall–Kier alpha value is -1.11. The van der Waals surface area contributed by atoms with Crippen LogP contribution in [0.5, 0.6) is 0 Å². The molecule has 3 nitrogen and oxygen atoms in total. The predicted octanol–water partition coefficient (Wildman–Crippen LogP) is 0.302. The van der Waals surface area contributed by atoms with Gasteiger partial charge in [0.25, 0.3) is 0 Å². The first kappa shape index (κ1) is 9.45. The van der Waals surface area contributed by atoms with Crippen LogP contribution in [0, 0.1) is 5.82 Å². The van der Waals surface area contributed by atoms with Gasteiger partial charge in [0.2, 0.25) is 0 Å². The Bertz CT molecular complexity index is 485. The fourth-order valence-electron chi connectivity index (χ4n) is 1.25. The maximum atomic E-state index is 13.0. The van der Waals surface area contributed by atoms with Gasteiger partial charge in [0.1, 0.15) is 5.82 Å². The quantitative estimate of drug-likeness (QED) is 0.469. The van der Waals surface area contributed by atoms with E-state index in [0.29, 0.717) is 10.2 Å². The van der Waals surface area contributed by atoms with E-state index >= 15 is 0 Å². The molecule has 72 valence electrons. The van der Waals surface area contributed by atoms with Crippen LogP contribution in [-0.4, -0.2) is 17.2 Å². The van der Waals surface area contributed by atoms with Crippen molar-refractivity contribution in [1.82, 2.24) is 0 Å². The molecule has 0 amide bonds. The molecule has 0 fully saturated rings. The number of anilines is 1. The molecule has 0 saturated carbocycles. The molecule has 0 aliphatic carbocycles. The third-order valence-corrected chi connectivity index (χ3v) is 3.10. The molecule has 1 aromatic heterocycles. The van der Waals surface area contributed by atoms with Gasteiger partial charge in [0, 0.05) is 14.9 Å².